The summed E-state index contributed by atoms with van der Waals surface area (Å²) in [5.41, 5.74) is 5.61. The Morgan fingerprint density at radius 2 is 1.76 bits per heavy atom. The number of halogens is 1. The first kappa shape index (κ1) is 14.7. The SMILES string of the molecule is N[C@H](C(=O)Nc1c(F)cccc1C(=O)O)c1ccccc1. The largest absolute Gasteiger partial charge is 0.478 e. The molecule has 0 bridgehead atoms. The number of nitrogens with one attached hydrogen (secondary N) is 1. The molecule has 0 aliphatic rings. The number of amides is 1. The van der Waals surface area contributed by atoms with Gasteiger partial charge in [-0.3, -0.25) is 4.79 Å². The lowest BCUT2D eigenvalue weighted by molar-refractivity contribution is -0.117. The van der Waals surface area contributed by atoms with Gasteiger partial charge in [0.1, 0.15) is 11.9 Å². The third-order valence-electron chi connectivity index (χ3n) is 2.93. The Morgan fingerprint density at radius 3 is 2.38 bits per heavy atom. The first-order chi connectivity index (χ1) is 10.0. The fourth-order valence-corrected chi connectivity index (χ4v) is 1.84. The number of nitrogens with two attached hydrogens (primary N) is 1. The van der Waals surface area contributed by atoms with Crippen molar-refractivity contribution in [3.63, 3.8) is 0 Å². The van der Waals surface area contributed by atoms with E-state index in [1.807, 2.05) is 0 Å². The van der Waals surface area contributed by atoms with Crippen LogP contribution in [-0.4, -0.2) is 17.0 Å². The highest BCUT2D eigenvalue weighted by Gasteiger charge is 2.21. The molecule has 0 aromatic heterocycles. The molecular weight excluding hydrogens is 275 g/mol. The zero-order chi connectivity index (χ0) is 15.4. The van der Waals surface area contributed by atoms with Crippen molar-refractivity contribution in [3.05, 3.63) is 65.5 Å². The number of carboxylic acid groups (broad SMARTS) is 1. The first-order valence-electron chi connectivity index (χ1n) is 6.14. The summed E-state index contributed by atoms with van der Waals surface area (Å²) in [5, 5.41) is 11.2. The van der Waals surface area contributed by atoms with Gasteiger partial charge in [-0.05, 0) is 17.7 Å². The van der Waals surface area contributed by atoms with Crippen LogP contribution in [0.2, 0.25) is 0 Å². The summed E-state index contributed by atoms with van der Waals surface area (Å²) in [6.07, 6.45) is 0. The molecule has 0 heterocycles. The molecular formula is C15H13FN2O3. The summed E-state index contributed by atoms with van der Waals surface area (Å²) < 4.78 is 13.7. The highest BCUT2D eigenvalue weighted by molar-refractivity contribution is 6.02. The van der Waals surface area contributed by atoms with Crippen LogP contribution in [0.5, 0.6) is 0 Å². The van der Waals surface area contributed by atoms with E-state index < -0.39 is 23.7 Å². The van der Waals surface area contributed by atoms with Crippen LogP contribution in [0, 0.1) is 5.82 Å². The number of rotatable bonds is 4. The van der Waals surface area contributed by atoms with Crippen molar-refractivity contribution in [2.75, 3.05) is 5.32 Å². The summed E-state index contributed by atoms with van der Waals surface area (Å²) in [6.45, 7) is 0. The second-order valence-electron chi connectivity index (χ2n) is 4.35. The van der Waals surface area contributed by atoms with E-state index >= 15 is 0 Å². The quantitative estimate of drug-likeness (QED) is 0.803. The lowest BCUT2D eigenvalue weighted by Gasteiger charge is -2.14. The molecule has 2 aromatic carbocycles. The molecule has 0 spiro atoms. The van der Waals surface area contributed by atoms with Crippen LogP contribution in [0.1, 0.15) is 22.0 Å². The molecule has 5 nitrogen and oxygen atoms in total. The molecule has 0 unspecified atom stereocenters. The minimum atomic E-state index is -1.34. The monoisotopic (exact) mass is 288 g/mol. The van der Waals surface area contributed by atoms with Gasteiger partial charge in [0.05, 0.1) is 11.3 Å². The smallest absolute Gasteiger partial charge is 0.337 e. The summed E-state index contributed by atoms with van der Waals surface area (Å²) in [6, 6.07) is 11.0. The molecule has 0 aliphatic carbocycles. The van der Waals surface area contributed by atoms with E-state index in [4.69, 9.17) is 10.8 Å². The topological polar surface area (TPSA) is 92.4 Å². The highest BCUT2D eigenvalue weighted by atomic mass is 19.1. The summed E-state index contributed by atoms with van der Waals surface area (Å²) in [5.74, 6) is -2.85. The molecule has 1 atom stereocenters. The van der Waals surface area contributed by atoms with Crippen LogP contribution in [0.25, 0.3) is 0 Å². The number of carbonyl (C=O) groups excluding carboxylic acids is 1. The Bertz CT molecular complexity index is 674. The van der Waals surface area contributed by atoms with E-state index in [0.29, 0.717) is 5.56 Å². The minimum Gasteiger partial charge on any atom is -0.478 e. The van der Waals surface area contributed by atoms with Crippen molar-refractivity contribution in [2.45, 2.75) is 6.04 Å². The predicted molar refractivity (Wildman–Crippen MR) is 75.4 cm³/mol. The van der Waals surface area contributed by atoms with Gasteiger partial charge in [0.15, 0.2) is 0 Å². The van der Waals surface area contributed by atoms with Crippen LogP contribution in [0.4, 0.5) is 10.1 Å². The number of aromatic carboxylic acids is 1. The van der Waals surface area contributed by atoms with E-state index in [-0.39, 0.29) is 11.3 Å². The average Bonchev–Trinajstić information content (AvgIpc) is 2.49. The first-order valence-corrected chi connectivity index (χ1v) is 6.14. The number of hydrogen-bond acceptors (Lipinski definition) is 3. The molecule has 0 fully saturated rings. The molecule has 0 saturated heterocycles. The maximum absolute atomic E-state index is 13.7. The Hall–Kier alpha value is -2.73. The van der Waals surface area contributed by atoms with Gasteiger partial charge in [-0.1, -0.05) is 36.4 Å². The van der Waals surface area contributed by atoms with Crippen molar-refractivity contribution >= 4 is 17.6 Å². The van der Waals surface area contributed by atoms with Crippen molar-refractivity contribution in [2.24, 2.45) is 5.73 Å². The van der Waals surface area contributed by atoms with E-state index in [0.717, 1.165) is 6.07 Å². The van der Waals surface area contributed by atoms with E-state index in [1.165, 1.54) is 12.1 Å². The van der Waals surface area contributed by atoms with Gasteiger partial charge in [-0.15, -0.1) is 0 Å². The standard InChI is InChI=1S/C15H13FN2O3/c16-11-8-4-7-10(15(20)21)13(11)18-14(19)12(17)9-5-2-1-3-6-9/h1-8,12H,17H2,(H,18,19)(H,20,21)/t12-/m0/s1. The lowest BCUT2D eigenvalue weighted by Crippen LogP contribution is -2.28. The summed E-state index contributed by atoms with van der Waals surface area (Å²) in [4.78, 5) is 23.1. The molecule has 0 aliphatic heterocycles. The summed E-state index contributed by atoms with van der Waals surface area (Å²) in [7, 11) is 0. The van der Waals surface area contributed by atoms with Gasteiger partial charge in [0.2, 0.25) is 5.91 Å². The molecule has 0 saturated carbocycles. The third-order valence-corrected chi connectivity index (χ3v) is 2.93. The van der Waals surface area contributed by atoms with E-state index in [2.05, 4.69) is 5.32 Å². The average molecular weight is 288 g/mol. The van der Waals surface area contributed by atoms with Crippen LogP contribution >= 0.6 is 0 Å². The number of benzene rings is 2. The van der Waals surface area contributed by atoms with Crippen LogP contribution in [0.15, 0.2) is 48.5 Å². The second kappa shape index (κ2) is 6.15. The van der Waals surface area contributed by atoms with E-state index in [9.17, 15) is 14.0 Å². The molecule has 2 rings (SSSR count). The van der Waals surface area contributed by atoms with Gasteiger partial charge in [0, 0.05) is 0 Å². The van der Waals surface area contributed by atoms with Gasteiger partial charge >= 0.3 is 5.97 Å². The molecule has 2 aromatic rings. The number of anilines is 1. The number of para-hydroxylation sites is 1. The van der Waals surface area contributed by atoms with Crippen LogP contribution < -0.4 is 11.1 Å². The Morgan fingerprint density at radius 1 is 1.10 bits per heavy atom. The Labute approximate surface area is 120 Å². The van der Waals surface area contributed by atoms with Crippen molar-refractivity contribution in [3.8, 4) is 0 Å². The Kier molecular flexibility index (Phi) is 4.30. The molecule has 1 amide bonds. The molecule has 21 heavy (non-hydrogen) atoms. The maximum Gasteiger partial charge on any atom is 0.337 e. The zero-order valence-corrected chi connectivity index (χ0v) is 10.9. The summed E-state index contributed by atoms with van der Waals surface area (Å²) >= 11 is 0. The fraction of sp³-hybridized carbons (Fsp3) is 0.0667. The second-order valence-corrected chi connectivity index (χ2v) is 4.35. The predicted octanol–water partition coefficient (Wildman–Crippen LogP) is 2.16. The highest BCUT2D eigenvalue weighted by Crippen LogP contribution is 2.21. The van der Waals surface area contributed by atoms with Gasteiger partial charge in [0.25, 0.3) is 0 Å². The van der Waals surface area contributed by atoms with Crippen LogP contribution in [-0.2, 0) is 4.79 Å². The number of carbonyl (C=O) groups is 2. The van der Waals surface area contributed by atoms with Crippen molar-refractivity contribution in [1.82, 2.24) is 0 Å². The number of carboxylic acids is 1. The number of hydrogen-bond donors (Lipinski definition) is 3. The lowest BCUT2D eigenvalue weighted by atomic mass is 10.1. The molecule has 6 heteroatoms. The fourth-order valence-electron chi connectivity index (χ4n) is 1.84. The minimum absolute atomic E-state index is 0.330. The normalized spacial score (nSPS) is 11.7. The van der Waals surface area contributed by atoms with Crippen LogP contribution in [0.3, 0.4) is 0 Å². The van der Waals surface area contributed by atoms with Gasteiger partial charge in [-0.25, -0.2) is 9.18 Å². The molecule has 0 radical (unpaired) electrons. The molecule has 4 N–H and O–H groups in total. The molecule has 108 valence electrons. The zero-order valence-electron chi connectivity index (χ0n) is 10.9. The van der Waals surface area contributed by atoms with Gasteiger partial charge < -0.3 is 16.2 Å². The third kappa shape index (κ3) is 3.24. The maximum atomic E-state index is 13.7. The van der Waals surface area contributed by atoms with E-state index in [1.54, 1.807) is 30.3 Å². The Balaban J connectivity index is 2.26. The van der Waals surface area contributed by atoms with Crippen molar-refractivity contribution in [1.29, 1.82) is 0 Å². The van der Waals surface area contributed by atoms with Crippen molar-refractivity contribution < 1.29 is 19.1 Å². The van der Waals surface area contributed by atoms with Gasteiger partial charge in [-0.2, -0.15) is 0 Å².